The second-order valence-electron chi connectivity index (χ2n) is 5.05. The van der Waals surface area contributed by atoms with E-state index in [1.54, 1.807) is 6.08 Å². The number of pyridine rings is 1. The summed E-state index contributed by atoms with van der Waals surface area (Å²) in [5.41, 5.74) is 1.66. The molecular formula is C16H16N2O3. The van der Waals surface area contributed by atoms with Crippen molar-refractivity contribution in [1.29, 1.82) is 0 Å². The molecule has 0 spiro atoms. The Labute approximate surface area is 122 Å². The summed E-state index contributed by atoms with van der Waals surface area (Å²) in [5, 5.41) is 12.9. The molecule has 0 aliphatic carbocycles. The zero-order valence-electron chi connectivity index (χ0n) is 11.5. The Hall–Kier alpha value is -2.40. The van der Waals surface area contributed by atoms with E-state index >= 15 is 0 Å². The predicted octanol–water partition coefficient (Wildman–Crippen LogP) is 2.07. The first-order valence-corrected chi connectivity index (χ1v) is 6.82. The van der Waals surface area contributed by atoms with Crippen molar-refractivity contribution in [3.8, 4) is 5.88 Å². The number of aliphatic carboxylic acids is 1. The molecule has 1 aromatic carbocycles. The smallest absolute Gasteiger partial charge is 0.320 e. The van der Waals surface area contributed by atoms with Crippen LogP contribution < -0.4 is 10.1 Å². The van der Waals surface area contributed by atoms with Gasteiger partial charge in [0.15, 0.2) is 0 Å². The normalized spacial score (nSPS) is 21.3. The second kappa shape index (κ2) is 5.54. The predicted molar refractivity (Wildman–Crippen MR) is 80.3 cm³/mol. The first-order valence-electron chi connectivity index (χ1n) is 6.82. The SMILES string of the molecule is C=Cc1cc2ccccc2nc1O[C@H]1CN[C@H](C(=O)O)C1. The molecule has 1 saturated heterocycles. The van der Waals surface area contributed by atoms with Gasteiger partial charge in [-0.05, 0) is 12.1 Å². The third kappa shape index (κ3) is 2.73. The monoisotopic (exact) mass is 284 g/mol. The fourth-order valence-corrected chi connectivity index (χ4v) is 2.49. The van der Waals surface area contributed by atoms with Crippen LogP contribution in [0.15, 0.2) is 36.9 Å². The fourth-order valence-electron chi connectivity index (χ4n) is 2.49. The van der Waals surface area contributed by atoms with Gasteiger partial charge >= 0.3 is 5.97 Å². The molecule has 0 radical (unpaired) electrons. The van der Waals surface area contributed by atoms with Crippen LogP contribution in [-0.4, -0.2) is 34.8 Å². The lowest BCUT2D eigenvalue weighted by atomic mass is 10.1. The van der Waals surface area contributed by atoms with Crippen molar-refractivity contribution >= 4 is 22.9 Å². The molecule has 1 aliphatic rings. The first-order chi connectivity index (χ1) is 10.2. The minimum absolute atomic E-state index is 0.196. The van der Waals surface area contributed by atoms with Crippen molar-refractivity contribution in [1.82, 2.24) is 10.3 Å². The van der Waals surface area contributed by atoms with Crippen LogP contribution in [0.4, 0.5) is 0 Å². The Bertz CT molecular complexity index is 699. The Morgan fingerprint density at radius 1 is 1.48 bits per heavy atom. The molecule has 2 atom stereocenters. The van der Waals surface area contributed by atoms with E-state index in [9.17, 15) is 4.79 Å². The summed E-state index contributed by atoms with van der Waals surface area (Å²) < 4.78 is 5.88. The van der Waals surface area contributed by atoms with Crippen molar-refractivity contribution < 1.29 is 14.6 Å². The second-order valence-corrected chi connectivity index (χ2v) is 5.05. The molecule has 0 unspecified atom stereocenters. The van der Waals surface area contributed by atoms with Crippen LogP contribution in [0.2, 0.25) is 0 Å². The van der Waals surface area contributed by atoms with Crippen LogP contribution in [0, 0.1) is 0 Å². The molecule has 108 valence electrons. The number of hydrogen-bond donors (Lipinski definition) is 2. The molecule has 2 aromatic rings. The summed E-state index contributed by atoms with van der Waals surface area (Å²) in [6.07, 6.45) is 1.94. The minimum Gasteiger partial charge on any atom is -0.480 e. The van der Waals surface area contributed by atoms with Crippen molar-refractivity contribution in [2.45, 2.75) is 18.6 Å². The number of ether oxygens (including phenoxy) is 1. The average molecular weight is 284 g/mol. The summed E-state index contributed by atoms with van der Waals surface area (Å²) in [6, 6.07) is 9.20. The molecule has 3 rings (SSSR count). The molecule has 1 aromatic heterocycles. The van der Waals surface area contributed by atoms with Gasteiger partial charge in [-0.3, -0.25) is 4.79 Å². The van der Waals surface area contributed by atoms with Gasteiger partial charge in [0.1, 0.15) is 12.1 Å². The lowest BCUT2D eigenvalue weighted by molar-refractivity contribution is -0.139. The number of benzene rings is 1. The highest BCUT2D eigenvalue weighted by Crippen LogP contribution is 2.25. The van der Waals surface area contributed by atoms with Gasteiger partial charge in [0, 0.05) is 23.9 Å². The Balaban J connectivity index is 1.86. The van der Waals surface area contributed by atoms with E-state index in [1.165, 1.54) is 0 Å². The van der Waals surface area contributed by atoms with Crippen molar-refractivity contribution in [3.63, 3.8) is 0 Å². The molecule has 5 heteroatoms. The van der Waals surface area contributed by atoms with Crippen LogP contribution in [0.1, 0.15) is 12.0 Å². The van der Waals surface area contributed by atoms with Crippen LogP contribution >= 0.6 is 0 Å². The van der Waals surface area contributed by atoms with Gasteiger partial charge in [-0.1, -0.05) is 30.9 Å². The number of aromatic nitrogens is 1. The molecule has 2 heterocycles. The molecule has 1 aliphatic heterocycles. The van der Waals surface area contributed by atoms with Gasteiger partial charge < -0.3 is 15.2 Å². The summed E-state index contributed by atoms with van der Waals surface area (Å²) in [4.78, 5) is 15.5. The minimum atomic E-state index is -0.850. The molecule has 5 nitrogen and oxygen atoms in total. The van der Waals surface area contributed by atoms with Crippen molar-refractivity contribution in [2.75, 3.05) is 6.54 Å². The van der Waals surface area contributed by atoms with Crippen molar-refractivity contribution in [2.24, 2.45) is 0 Å². The number of nitrogens with one attached hydrogen (secondary N) is 1. The highest BCUT2D eigenvalue weighted by atomic mass is 16.5. The zero-order valence-corrected chi connectivity index (χ0v) is 11.5. The molecule has 0 saturated carbocycles. The zero-order chi connectivity index (χ0) is 14.8. The van der Waals surface area contributed by atoms with Crippen LogP contribution in [0.3, 0.4) is 0 Å². The van der Waals surface area contributed by atoms with E-state index in [1.807, 2.05) is 30.3 Å². The molecule has 1 fully saturated rings. The van der Waals surface area contributed by atoms with E-state index in [2.05, 4.69) is 16.9 Å². The van der Waals surface area contributed by atoms with Crippen LogP contribution in [0.5, 0.6) is 5.88 Å². The maximum Gasteiger partial charge on any atom is 0.320 e. The molecule has 2 N–H and O–H groups in total. The first kappa shape index (κ1) is 13.6. The van der Waals surface area contributed by atoms with E-state index in [0.717, 1.165) is 16.5 Å². The van der Waals surface area contributed by atoms with Gasteiger partial charge in [-0.15, -0.1) is 0 Å². The maximum atomic E-state index is 10.9. The topological polar surface area (TPSA) is 71.5 Å². The highest BCUT2D eigenvalue weighted by molar-refractivity contribution is 5.82. The highest BCUT2D eigenvalue weighted by Gasteiger charge is 2.31. The number of fused-ring (bicyclic) bond motifs is 1. The van der Waals surface area contributed by atoms with Crippen LogP contribution in [0.25, 0.3) is 17.0 Å². The van der Waals surface area contributed by atoms with Crippen molar-refractivity contribution in [3.05, 3.63) is 42.5 Å². The van der Waals surface area contributed by atoms with E-state index in [-0.39, 0.29) is 6.10 Å². The average Bonchev–Trinajstić information content (AvgIpc) is 2.95. The fraction of sp³-hybridized carbons (Fsp3) is 0.250. The van der Waals surface area contributed by atoms with Gasteiger partial charge in [-0.25, -0.2) is 4.98 Å². The summed E-state index contributed by atoms with van der Waals surface area (Å²) in [5.74, 6) is -0.349. The van der Waals surface area contributed by atoms with Gasteiger partial charge in [0.05, 0.1) is 5.52 Å². The maximum absolute atomic E-state index is 10.9. The third-order valence-electron chi connectivity index (χ3n) is 3.60. The number of carboxylic acid groups (broad SMARTS) is 1. The Morgan fingerprint density at radius 3 is 3.00 bits per heavy atom. The van der Waals surface area contributed by atoms with Gasteiger partial charge in [0.2, 0.25) is 5.88 Å². The standard InChI is InChI=1S/C16H16N2O3/c1-2-10-7-11-5-3-4-6-13(11)18-15(10)21-12-8-14(16(19)20)17-9-12/h2-7,12,14,17H,1,8-9H2,(H,19,20)/t12-,14+/m1/s1. The lowest BCUT2D eigenvalue weighted by Crippen LogP contribution is -2.30. The summed E-state index contributed by atoms with van der Waals surface area (Å²) in [7, 11) is 0. The third-order valence-corrected chi connectivity index (χ3v) is 3.60. The number of rotatable bonds is 4. The molecular weight excluding hydrogens is 268 g/mol. The quantitative estimate of drug-likeness (QED) is 0.899. The van der Waals surface area contributed by atoms with Gasteiger partial charge in [-0.2, -0.15) is 0 Å². The summed E-state index contributed by atoms with van der Waals surface area (Å²) in [6.45, 7) is 4.29. The number of nitrogens with zero attached hydrogens (tertiary/aromatic N) is 1. The van der Waals surface area contributed by atoms with Crippen LogP contribution in [-0.2, 0) is 4.79 Å². The Kier molecular flexibility index (Phi) is 3.58. The molecule has 0 amide bonds. The number of carboxylic acids is 1. The molecule has 21 heavy (non-hydrogen) atoms. The van der Waals surface area contributed by atoms with E-state index in [4.69, 9.17) is 9.84 Å². The number of hydrogen-bond acceptors (Lipinski definition) is 4. The largest absolute Gasteiger partial charge is 0.480 e. The molecule has 0 bridgehead atoms. The lowest BCUT2D eigenvalue weighted by Gasteiger charge is -2.14. The van der Waals surface area contributed by atoms with Gasteiger partial charge in [0.25, 0.3) is 0 Å². The Morgan fingerprint density at radius 2 is 2.29 bits per heavy atom. The van der Waals surface area contributed by atoms with E-state index < -0.39 is 12.0 Å². The number of para-hydroxylation sites is 1. The van der Waals surface area contributed by atoms with E-state index in [0.29, 0.717) is 18.8 Å². The number of carbonyl (C=O) groups is 1. The summed E-state index contributed by atoms with van der Waals surface area (Å²) >= 11 is 0.